The number of methoxy groups -OCH3 is 1. The molecule has 2 nitrogen and oxygen atoms in total. The normalized spacial score (nSPS) is 23.1. The number of benzene rings is 1. The predicted octanol–water partition coefficient (Wildman–Crippen LogP) is 3.93. The lowest BCUT2D eigenvalue weighted by atomic mass is 9.88. The van der Waals surface area contributed by atoms with Crippen LogP contribution in [0.3, 0.4) is 0 Å². The third-order valence-electron chi connectivity index (χ3n) is 4.15. The summed E-state index contributed by atoms with van der Waals surface area (Å²) >= 11 is 0. The van der Waals surface area contributed by atoms with Crippen molar-refractivity contribution in [2.24, 2.45) is 11.8 Å². The summed E-state index contributed by atoms with van der Waals surface area (Å²) in [5, 5.41) is 0. The maximum absolute atomic E-state index is 12.5. The summed E-state index contributed by atoms with van der Waals surface area (Å²) in [5.41, 5.74) is 2.95. The Morgan fingerprint density at radius 2 is 1.83 bits per heavy atom. The van der Waals surface area contributed by atoms with Gasteiger partial charge in [-0.1, -0.05) is 13.3 Å². The zero-order chi connectivity index (χ0) is 13.3. The summed E-state index contributed by atoms with van der Waals surface area (Å²) in [5.74, 6) is 1.96. The molecule has 1 aliphatic rings. The highest BCUT2D eigenvalue weighted by Crippen LogP contribution is 2.35. The monoisotopic (exact) mass is 246 g/mol. The van der Waals surface area contributed by atoms with Crippen LogP contribution >= 0.6 is 0 Å². The smallest absolute Gasteiger partial charge is 0.166 e. The lowest BCUT2D eigenvalue weighted by molar-refractivity contribution is 0.0897. The molecule has 0 saturated heterocycles. The number of hydrogen-bond acceptors (Lipinski definition) is 2. The van der Waals surface area contributed by atoms with Crippen LogP contribution in [0, 0.1) is 25.7 Å². The molecular weight excluding hydrogens is 224 g/mol. The average molecular weight is 246 g/mol. The molecule has 0 heterocycles. The molecular formula is C16H22O2. The minimum Gasteiger partial charge on any atom is -0.496 e. The summed E-state index contributed by atoms with van der Waals surface area (Å²) in [7, 11) is 1.68. The molecule has 2 atom stereocenters. The number of rotatable bonds is 3. The second kappa shape index (κ2) is 5.13. The number of carbonyl (C=O) groups excluding carboxylic acids is 1. The molecule has 1 saturated carbocycles. The molecule has 1 aromatic carbocycles. The van der Waals surface area contributed by atoms with Crippen LogP contribution in [-0.4, -0.2) is 12.9 Å². The first-order valence-electron chi connectivity index (χ1n) is 6.74. The summed E-state index contributed by atoms with van der Waals surface area (Å²) in [6.07, 6.45) is 3.42. The molecule has 1 fully saturated rings. The number of carbonyl (C=O) groups is 1. The molecule has 0 spiro atoms. The topological polar surface area (TPSA) is 26.3 Å². The van der Waals surface area contributed by atoms with Crippen molar-refractivity contribution in [3.8, 4) is 5.75 Å². The molecule has 2 heteroatoms. The fourth-order valence-electron chi connectivity index (χ4n) is 3.16. The van der Waals surface area contributed by atoms with Crippen molar-refractivity contribution in [1.29, 1.82) is 0 Å². The summed E-state index contributed by atoms with van der Waals surface area (Å²) in [6, 6.07) is 3.94. The van der Waals surface area contributed by atoms with Crippen molar-refractivity contribution in [3.05, 3.63) is 28.8 Å². The molecule has 0 aromatic heterocycles. The molecule has 1 aromatic rings. The van der Waals surface area contributed by atoms with Gasteiger partial charge in [-0.3, -0.25) is 4.79 Å². The van der Waals surface area contributed by atoms with E-state index < -0.39 is 0 Å². The molecule has 18 heavy (non-hydrogen) atoms. The molecule has 0 aliphatic heterocycles. The van der Waals surface area contributed by atoms with E-state index in [1.165, 1.54) is 12.8 Å². The van der Waals surface area contributed by atoms with Crippen LogP contribution in [0.2, 0.25) is 0 Å². The first-order chi connectivity index (χ1) is 8.54. The van der Waals surface area contributed by atoms with Gasteiger partial charge >= 0.3 is 0 Å². The van der Waals surface area contributed by atoms with E-state index in [1.807, 2.05) is 26.0 Å². The number of hydrogen-bond donors (Lipinski definition) is 0. The summed E-state index contributed by atoms with van der Waals surface area (Å²) < 4.78 is 5.35. The van der Waals surface area contributed by atoms with Gasteiger partial charge in [0, 0.05) is 11.5 Å². The zero-order valence-corrected chi connectivity index (χ0v) is 11.7. The van der Waals surface area contributed by atoms with Gasteiger partial charge in [0.15, 0.2) is 5.78 Å². The van der Waals surface area contributed by atoms with Gasteiger partial charge in [-0.25, -0.2) is 0 Å². The second-order valence-corrected chi connectivity index (χ2v) is 5.52. The van der Waals surface area contributed by atoms with Crippen molar-refractivity contribution in [3.63, 3.8) is 0 Å². The fourth-order valence-corrected chi connectivity index (χ4v) is 3.16. The van der Waals surface area contributed by atoms with Gasteiger partial charge in [0.1, 0.15) is 5.75 Å². The van der Waals surface area contributed by atoms with Gasteiger partial charge in [-0.2, -0.15) is 0 Å². The first-order valence-corrected chi connectivity index (χ1v) is 6.74. The van der Waals surface area contributed by atoms with E-state index in [0.29, 0.717) is 11.7 Å². The third-order valence-corrected chi connectivity index (χ3v) is 4.15. The Labute approximate surface area is 109 Å². The van der Waals surface area contributed by atoms with Crippen LogP contribution in [0.25, 0.3) is 0 Å². The molecule has 0 bridgehead atoms. The predicted molar refractivity (Wildman–Crippen MR) is 73.3 cm³/mol. The molecule has 2 unspecified atom stereocenters. The van der Waals surface area contributed by atoms with Crippen LogP contribution in [0.1, 0.15) is 47.7 Å². The Balaban J connectivity index is 2.31. The Morgan fingerprint density at radius 3 is 2.28 bits per heavy atom. The maximum atomic E-state index is 12.5. The Hall–Kier alpha value is -1.31. The van der Waals surface area contributed by atoms with Crippen molar-refractivity contribution in [2.75, 3.05) is 7.11 Å². The Kier molecular flexibility index (Phi) is 3.74. The largest absolute Gasteiger partial charge is 0.496 e. The van der Waals surface area contributed by atoms with E-state index in [2.05, 4.69) is 6.92 Å². The van der Waals surface area contributed by atoms with Gasteiger partial charge in [-0.05, 0) is 55.9 Å². The van der Waals surface area contributed by atoms with Gasteiger partial charge < -0.3 is 4.74 Å². The highest BCUT2D eigenvalue weighted by atomic mass is 16.5. The van der Waals surface area contributed by atoms with Gasteiger partial charge in [-0.15, -0.1) is 0 Å². The maximum Gasteiger partial charge on any atom is 0.166 e. The number of ether oxygens (including phenoxy) is 1. The van der Waals surface area contributed by atoms with E-state index in [-0.39, 0.29) is 5.92 Å². The Morgan fingerprint density at radius 1 is 1.22 bits per heavy atom. The molecule has 1 aliphatic carbocycles. The van der Waals surface area contributed by atoms with Gasteiger partial charge in [0.25, 0.3) is 0 Å². The number of ketones is 1. The van der Waals surface area contributed by atoms with Crippen LogP contribution < -0.4 is 4.74 Å². The minimum atomic E-state index is 0.220. The van der Waals surface area contributed by atoms with E-state index >= 15 is 0 Å². The Bertz CT molecular complexity index is 439. The highest BCUT2D eigenvalue weighted by molar-refractivity contribution is 5.98. The van der Waals surface area contributed by atoms with E-state index in [9.17, 15) is 4.79 Å². The van der Waals surface area contributed by atoms with Crippen LogP contribution in [0.15, 0.2) is 12.1 Å². The molecule has 0 amide bonds. The van der Waals surface area contributed by atoms with Crippen molar-refractivity contribution < 1.29 is 9.53 Å². The SMILES string of the molecule is COc1c(C)cc(C(=O)C2CCCC2C)cc1C. The molecule has 0 radical (unpaired) electrons. The average Bonchev–Trinajstić information content (AvgIpc) is 2.74. The van der Waals surface area contributed by atoms with E-state index in [1.54, 1.807) is 7.11 Å². The standard InChI is InChI=1S/C16H22O2/c1-10-6-5-7-14(10)15(17)13-8-11(2)16(18-4)12(3)9-13/h8-10,14H,5-7H2,1-4H3. The first kappa shape index (κ1) is 13.1. The molecule has 0 N–H and O–H groups in total. The number of Topliss-reactive ketones (excluding diaryl/α,β-unsaturated/α-hetero) is 1. The van der Waals surface area contributed by atoms with Crippen molar-refractivity contribution >= 4 is 5.78 Å². The lowest BCUT2D eigenvalue weighted by Gasteiger charge is -2.16. The van der Waals surface area contributed by atoms with E-state index in [0.717, 1.165) is 28.9 Å². The fraction of sp³-hybridized carbons (Fsp3) is 0.562. The lowest BCUT2D eigenvalue weighted by Crippen LogP contribution is -2.17. The van der Waals surface area contributed by atoms with E-state index in [4.69, 9.17) is 4.74 Å². The summed E-state index contributed by atoms with van der Waals surface area (Å²) in [4.78, 5) is 12.5. The quantitative estimate of drug-likeness (QED) is 0.755. The zero-order valence-electron chi connectivity index (χ0n) is 11.7. The van der Waals surface area contributed by atoms with Crippen LogP contribution in [-0.2, 0) is 0 Å². The van der Waals surface area contributed by atoms with Gasteiger partial charge in [0.2, 0.25) is 0 Å². The number of aryl methyl sites for hydroxylation is 2. The third kappa shape index (κ3) is 2.29. The van der Waals surface area contributed by atoms with Crippen LogP contribution in [0.4, 0.5) is 0 Å². The minimum absolute atomic E-state index is 0.220. The van der Waals surface area contributed by atoms with Crippen molar-refractivity contribution in [1.82, 2.24) is 0 Å². The second-order valence-electron chi connectivity index (χ2n) is 5.52. The van der Waals surface area contributed by atoms with Gasteiger partial charge in [0.05, 0.1) is 7.11 Å². The highest BCUT2D eigenvalue weighted by Gasteiger charge is 2.30. The molecule has 2 rings (SSSR count). The summed E-state index contributed by atoms with van der Waals surface area (Å²) in [6.45, 7) is 6.19. The van der Waals surface area contributed by atoms with Crippen LogP contribution in [0.5, 0.6) is 5.75 Å². The van der Waals surface area contributed by atoms with Crippen molar-refractivity contribution in [2.45, 2.75) is 40.0 Å². The molecule has 98 valence electrons.